The lowest BCUT2D eigenvalue weighted by Crippen LogP contribution is -2.29. The van der Waals surface area contributed by atoms with Crippen LogP contribution in [0.15, 0.2) is 47.3 Å². The van der Waals surface area contributed by atoms with Crippen molar-refractivity contribution in [1.29, 1.82) is 0 Å². The molecular weight excluding hydrogens is 440 g/mol. The third kappa shape index (κ3) is 5.61. The lowest BCUT2D eigenvalue weighted by atomic mass is 10.1. The number of nitrogens with zero attached hydrogens (tertiary/aromatic N) is 2. The number of nitrogens with one attached hydrogen (secondary N) is 2. The number of hydrogen-bond donors (Lipinski definition) is 3. The highest BCUT2D eigenvalue weighted by Gasteiger charge is 2.19. The van der Waals surface area contributed by atoms with E-state index in [4.69, 9.17) is 11.6 Å². The minimum atomic E-state index is -0.763. The minimum Gasteiger partial charge on any atom is -0.501 e. The molecule has 0 radical (unpaired) electrons. The monoisotopic (exact) mass is 466 g/mol. The normalized spacial score (nSPS) is 14.2. The maximum atomic E-state index is 12.7. The van der Waals surface area contributed by atoms with Gasteiger partial charge in [0.15, 0.2) is 5.69 Å². The first-order valence-electron chi connectivity index (χ1n) is 11.1. The Bertz CT molecular complexity index is 1200. The van der Waals surface area contributed by atoms with E-state index in [1.165, 1.54) is 24.8 Å². The summed E-state index contributed by atoms with van der Waals surface area (Å²) in [7, 11) is 0. The van der Waals surface area contributed by atoms with Crippen LogP contribution < -0.4 is 10.9 Å². The first-order valence-corrected chi connectivity index (χ1v) is 11.5. The van der Waals surface area contributed by atoms with Gasteiger partial charge in [0.25, 0.3) is 11.5 Å². The first-order chi connectivity index (χ1) is 15.9. The predicted octanol–water partition coefficient (Wildman–Crippen LogP) is 4.02. The standard InChI is InChI=1S/C25H27ClN4O3/c1-16-5-6-18(13-20(16)26)14-27-24(32)21-22(31)25(33)29-23(28-21)19-9-7-17(8-10-19)15-30-11-3-2-4-12-30/h5-10,13,31H,2-4,11-12,14-15H2,1H3,(H,27,32)(H,28,29,33). The van der Waals surface area contributed by atoms with Crippen LogP contribution in [0.4, 0.5) is 0 Å². The molecule has 7 nitrogen and oxygen atoms in total. The van der Waals surface area contributed by atoms with E-state index in [0.717, 1.165) is 30.8 Å². The molecule has 1 amide bonds. The number of hydrogen-bond acceptors (Lipinski definition) is 5. The summed E-state index contributed by atoms with van der Waals surface area (Å²) < 4.78 is 0. The Morgan fingerprint density at radius 1 is 1.12 bits per heavy atom. The van der Waals surface area contributed by atoms with E-state index in [2.05, 4.69) is 20.2 Å². The highest BCUT2D eigenvalue weighted by atomic mass is 35.5. The summed E-state index contributed by atoms with van der Waals surface area (Å²) in [4.78, 5) is 34.2. The molecule has 2 heterocycles. The molecule has 1 aromatic heterocycles. The summed E-state index contributed by atoms with van der Waals surface area (Å²) in [6.07, 6.45) is 3.76. The van der Waals surface area contributed by atoms with Gasteiger partial charge in [-0.15, -0.1) is 0 Å². The fraction of sp³-hybridized carbons (Fsp3) is 0.320. The number of rotatable bonds is 6. The Labute approximate surface area is 197 Å². The molecule has 1 fully saturated rings. The zero-order valence-corrected chi connectivity index (χ0v) is 19.3. The SMILES string of the molecule is Cc1ccc(CNC(=O)c2nc(-c3ccc(CN4CCCCC4)cc3)[nH]c(=O)c2O)cc1Cl. The molecule has 1 saturated heterocycles. The van der Waals surface area contributed by atoms with Crippen molar-refractivity contribution >= 4 is 17.5 Å². The lowest BCUT2D eigenvalue weighted by Gasteiger charge is -2.26. The van der Waals surface area contributed by atoms with Gasteiger partial charge in [0, 0.05) is 23.7 Å². The predicted molar refractivity (Wildman–Crippen MR) is 128 cm³/mol. The van der Waals surface area contributed by atoms with Crippen molar-refractivity contribution in [3.63, 3.8) is 0 Å². The number of benzene rings is 2. The zero-order chi connectivity index (χ0) is 23.4. The second-order valence-corrected chi connectivity index (χ2v) is 8.82. The number of carbonyl (C=O) groups is 1. The number of piperidine rings is 1. The molecule has 0 unspecified atom stereocenters. The summed E-state index contributed by atoms with van der Waals surface area (Å²) in [5.74, 6) is -1.12. The molecule has 0 spiro atoms. The Morgan fingerprint density at radius 3 is 2.52 bits per heavy atom. The van der Waals surface area contributed by atoms with E-state index in [0.29, 0.717) is 10.6 Å². The highest BCUT2D eigenvalue weighted by molar-refractivity contribution is 6.31. The average Bonchev–Trinajstić information content (AvgIpc) is 2.82. The summed E-state index contributed by atoms with van der Waals surface area (Å²) in [5, 5.41) is 13.4. The molecule has 0 atom stereocenters. The number of amides is 1. The number of aromatic nitrogens is 2. The minimum absolute atomic E-state index is 0.188. The van der Waals surface area contributed by atoms with Crippen LogP contribution in [-0.4, -0.2) is 39.0 Å². The fourth-order valence-electron chi connectivity index (χ4n) is 3.92. The van der Waals surface area contributed by atoms with Gasteiger partial charge in [-0.05, 0) is 55.6 Å². The van der Waals surface area contributed by atoms with E-state index < -0.39 is 17.2 Å². The molecule has 0 saturated carbocycles. The van der Waals surface area contributed by atoms with Crippen molar-refractivity contribution in [1.82, 2.24) is 20.2 Å². The number of likely N-dealkylation sites (tertiary alicyclic amines) is 1. The van der Waals surface area contributed by atoms with Gasteiger partial charge in [0.05, 0.1) is 0 Å². The van der Waals surface area contributed by atoms with Crippen molar-refractivity contribution in [2.45, 2.75) is 39.3 Å². The van der Waals surface area contributed by atoms with Crippen LogP contribution in [0, 0.1) is 6.92 Å². The first kappa shape index (κ1) is 23.0. The van der Waals surface area contributed by atoms with Crippen LogP contribution >= 0.6 is 11.6 Å². The van der Waals surface area contributed by atoms with E-state index in [1.807, 2.05) is 43.3 Å². The lowest BCUT2D eigenvalue weighted by molar-refractivity contribution is 0.0942. The molecule has 3 N–H and O–H groups in total. The van der Waals surface area contributed by atoms with Gasteiger partial charge < -0.3 is 15.4 Å². The van der Waals surface area contributed by atoms with Gasteiger partial charge in [0.1, 0.15) is 5.82 Å². The summed E-state index contributed by atoms with van der Waals surface area (Å²) in [6.45, 7) is 5.19. The molecular formula is C25H27ClN4O3. The second-order valence-electron chi connectivity index (χ2n) is 8.41. The Hall–Kier alpha value is -3.16. The Balaban J connectivity index is 1.49. The van der Waals surface area contributed by atoms with E-state index in [-0.39, 0.29) is 18.1 Å². The average molecular weight is 467 g/mol. The van der Waals surface area contributed by atoms with Gasteiger partial charge in [0.2, 0.25) is 5.75 Å². The van der Waals surface area contributed by atoms with Crippen LogP contribution in [0.25, 0.3) is 11.4 Å². The van der Waals surface area contributed by atoms with Crippen LogP contribution in [0.1, 0.15) is 46.4 Å². The van der Waals surface area contributed by atoms with Crippen molar-refractivity contribution in [3.8, 4) is 17.1 Å². The van der Waals surface area contributed by atoms with Crippen LogP contribution in [0.2, 0.25) is 5.02 Å². The van der Waals surface area contributed by atoms with Gasteiger partial charge in [-0.25, -0.2) is 4.98 Å². The number of carbonyl (C=O) groups excluding carboxylic acids is 1. The quantitative estimate of drug-likeness (QED) is 0.509. The van der Waals surface area contributed by atoms with Gasteiger partial charge in [-0.3, -0.25) is 14.5 Å². The molecule has 33 heavy (non-hydrogen) atoms. The van der Waals surface area contributed by atoms with Crippen molar-refractivity contribution in [2.75, 3.05) is 13.1 Å². The number of aromatic hydroxyl groups is 1. The summed E-state index contributed by atoms with van der Waals surface area (Å²) >= 11 is 6.13. The van der Waals surface area contributed by atoms with Gasteiger partial charge in [-0.2, -0.15) is 0 Å². The number of aryl methyl sites for hydroxylation is 1. The van der Waals surface area contributed by atoms with E-state index >= 15 is 0 Å². The number of halogens is 1. The van der Waals surface area contributed by atoms with Crippen molar-refractivity contribution in [3.05, 3.63) is 80.2 Å². The van der Waals surface area contributed by atoms with Gasteiger partial charge in [-0.1, -0.05) is 54.4 Å². The molecule has 0 aliphatic carbocycles. The second kappa shape index (κ2) is 10.2. The van der Waals surface area contributed by atoms with Crippen molar-refractivity contribution in [2.24, 2.45) is 0 Å². The maximum Gasteiger partial charge on any atom is 0.294 e. The van der Waals surface area contributed by atoms with E-state index in [9.17, 15) is 14.7 Å². The van der Waals surface area contributed by atoms with Gasteiger partial charge >= 0.3 is 0 Å². The largest absolute Gasteiger partial charge is 0.501 e. The maximum absolute atomic E-state index is 12.7. The smallest absolute Gasteiger partial charge is 0.294 e. The molecule has 8 heteroatoms. The summed E-state index contributed by atoms with van der Waals surface area (Å²) in [6, 6.07) is 13.2. The summed E-state index contributed by atoms with van der Waals surface area (Å²) in [5.41, 5.74) is 2.50. The molecule has 0 bridgehead atoms. The molecule has 1 aliphatic rings. The fourth-order valence-corrected chi connectivity index (χ4v) is 4.12. The van der Waals surface area contributed by atoms with Crippen LogP contribution in [-0.2, 0) is 13.1 Å². The topological polar surface area (TPSA) is 98.3 Å². The van der Waals surface area contributed by atoms with Crippen molar-refractivity contribution < 1.29 is 9.90 Å². The third-order valence-electron chi connectivity index (χ3n) is 5.88. The zero-order valence-electron chi connectivity index (χ0n) is 18.5. The number of H-pyrrole nitrogens is 1. The highest BCUT2D eigenvalue weighted by Crippen LogP contribution is 2.20. The molecule has 3 aromatic rings. The molecule has 2 aromatic carbocycles. The van der Waals surface area contributed by atoms with Crippen LogP contribution in [0.5, 0.6) is 5.75 Å². The molecule has 4 rings (SSSR count). The number of aromatic amines is 1. The third-order valence-corrected chi connectivity index (χ3v) is 6.29. The van der Waals surface area contributed by atoms with E-state index in [1.54, 1.807) is 6.07 Å². The Morgan fingerprint density at radius 2 is 1.82 bits per heavy atom. The Kier molecular flexibility index (Phi) is 7.11. The molecule has 1 aliphatic heterocycles. The van der Waals surface area contributed by atoms with Crippen LogP contribution in [0.3, 0.4) is 0 Å². The molecule has 172 valence electrons.